The first kappa shape index (κ1) is 15.4. The summed E-state index contributed by atoms with van der Waals surface area (Å²) >= 11 is 1.43. The summed E-state index contributed by atoms with van der Waals surface area (Å²) in [6.45, 7) is 1.89. The van der Waals surface area contributed by atoms with E-state index in [1.165, 1.54) is 23.6 Å². The van der Waals surface area contributed by atoms with Crippen LogP contribution in [-0.2, 0) is 0 Å². The summed E-state index contributed by atoms with van der Waals surface area (Å²) in [4.78, 5) is 26.4. The van der Waals surface area contributed by atoms with Crippen molar-refractivity contribution in [3.63, 3.8) is 0 Å². The van der Waals surface area contributed by atoms with Crippen molar-refractivity contribution in [1.29, 1.82) is 0 Å². The molecule has 0 bridgehead atoms. The lowest BCUT2D eigenvalue weighted by atomic mass is 10.3. The van der Waals surface area contributed by atoms with E-state index in [9.17, 15) is 4.39 Å². The summed E-state index contributed by atoms with van der Waals surface area (Å²) < 4.78 is 13.4. The minimum Gasteiger partial charge on any atom is -0.261 e. The van der Waals surface area contributed by atoms with Gasteiger partial charge in [0.15, 0.2) is 11.6 Å². The molecular weight excluding hydrogens is 339 g/mol. The summed E-state index contributed by atoms with van der Waals surface area (Å²) in [5, 5.41) is 0.690. The Labute approximate surface area is 146 Å². The quantitative estimate of drug-likeness (QED) is 0.562. The highest BCUT2D eigenvalue weighted by molar-refractivity contribution is 7.18. The third-order valence-corrected chi connectivity index (χ3v) is 4.63. The van der Waals surface area contributed by atoms with E-state index in [1.807, 2.05) is 6.92 Å². The van der Waals surface area contributed by atoms with E-state index in [0.717, 1.165) is 16.3 Å². The zero-order valence-corrected chi connectivity index (χ0v) is 13.9. The fourth-order valence-electron chi connectivity index (χ4n) is 2.29. The first-order valence-corrected chi connectivity index (χ1v) is 8.21. The number of nitrogens with zero attached hydrogens (tertiary/aromatic N) is 6. The van der Waals surface area contributed by atoms with Crippen molar-refractivity contribution in [2.75, 3.05) is 0 Å². The van der Waals surface area contributed by atoms with Crippen molar-refractivity contribution in [3.05, 3.63) is 60.7 Å². The molecule has 0 saturated heterocycles. The molecule has 0 amide bonds. The van der Waals surface area contributed by atoms with Crippen LogP contribution in [0.3, 0.4) is 0 Å². The van der Waals surface area contributed by atoms with Crippen LogP contribution in [0.2, 0.25) is 0 Å². The van der Waals surface area contributed by atoms with Crippen molar-refractivity contribution >= 4 is 11.3 Å². The number of hydrogen-bond acceptors (Lipinski definition) is 7. The SMILES string of the molecule is Cc1nc(-c2cncc(F)c2)sc1-c1ccnc(-c2ncccn2)n1. The standard InChI is InChI=1S/C17H11FN6S/c1-10-14(25-17(23-10)11-7-12(18)9-19-8-11)13-3-6-22-16(24-13)15-20-4-2-5-21-15/h2-9H,1H3. The second kappa shape index (κ2) is 6.40. The van der Waals surface area contributed by atoms with Crippen molar-refractivity contribution in [1.82, 2.24) is 29.9 Å². The molecule has 0 saturated carbocycles. The molecule has 0 fully saturated rings. The molecule has 122 valence electrons. The molecule has 8 heteroatoms. The molecule has 0 unspecified atom stereocenters. The smallest absolute Gasteiger partial charge is 0.198 e. The third kappa shape index (κ3) is 3.11. The maximum Gasteiger partial charge on any atom is 0.198 e. The second-order valence-corrected chi connectivity index (χ2v) is 6.16. The number of hydrogen-bond donors (Lipinski definition) is 0. The van der Waals surface area contributed by atoms with E-state index in [1.54, 1.807) is 36.9 Å². The Bertz CT molecular complexity index is 1030. The average Bonchev–Trinajstić information content (AvgIpc) is 3.04. The average molecular weight is 350 g/mol. The normalized spacial score (nSPS) is 10.8. The Morgan fingerprint density at radius 3 is 2.56 bits per heavy atom. The lowest BCUT2D eigenvalue weighted by Crippen LogP contribution is -1.95. The van der Waals surface area contributed by atoms with Crippen molar-refractivity contribution in [3.8, 4) is 32.8 Å². The van der Waals surface area contributed by atoms with E-state index in [4.69, 9.17) is 0 Å². The largest absolute Gasteiger partial charge is 0.261 e. The van der Waals surface area contributed by atoms with Crippen LogP contribution in [0.25, 0.3) is 32.8 Å². The van der Waals surface area contributed by atoms with Crippen LogP contribution in [0.5, 0.6) is 0 Å². The van der Waals surface area contributed by atoms with E-state index in [-0.39, 0.29) is 0 Å². The highest BCUT2D eigenvalue weighted by atomic mass is 32.1. The molecule has 0 N–H and O–H groups in total. The monoisotopic (exact) mass is 350 g/mol. The number of halogens is 1. The van der Waals surface area contributed by atoms with Crippen LogP contribution >= 0.6 is 11.3 Å². The van der Waals surface area contributed by atoms with Crippen molar-refractivity contribution in [2.45, 2.75) is 6.92 Å². The van der Waals surface area contributed by atoms with E-state index in [0.29, 0.717) is 22.2 Å². The Morgan fingerprint density at radius 1 is 0.960 bits per heavy atom. The van der Waals surface area contributed by atoms with Crippen molar-refractivity contribution < 1.29 is 4.39 Å². The fourth-order valence-corrected chi connectivity index (χ4v) is 3.31. The summed E-state index contributed by atoms with van der Waals surface area (Å²) in [6.07, 6.45) is 7.71. The van der Waals surface area contributed by atoms with Crippen LogP contribution in [0, 0.1) is 12.7 Å². The van der Waals surface area contributed by atoms with Gasteiger partial charge in [0, 0.05) is 30.4 Å². The lowest BCUT2D eigenvalue weighted by molar-refractivity contribution is 0.622. The molecule has 0 aliphatic heterocycles. The molecule has 4 heterocycles. The first-order valence-electron chi connectivity index (χ1n) is 7.40. The Balaban J connectivity index is 1.76. The molecule has 0 atom stereocenters. The molecule has 0 spiro atoms. The van der Waals surface area contributed by atoms with Gasteiger partial charge in [0.2, 0.25) is 0 Å². The molecule has 6 nitrogen and oxygen atoms in total. The third-order valence-electron chi connectivity index (χ3n) is 3.40. The predicted molar refractivity (Wildman–Crippen MR) is 92.1 cm³/mol. The first-order chi connectivity index (χ1) is 12.2. The van der Waals surface area contributed by atoms with Crippen LogP contribution in [-0.4, -0.2) is 29.9 Å². The Kier molecular flexibility index (Phi) is 3.95. The predicted octanol–water partition coefficient (Wildman–Crippen LogP) is 3.57. The molecule has 0 aromatic carbocycles. The van der Waals surface area contributed by atoms with Crippen LogP contribution in [0.15, 0.2) is 49.2 Å². The van der Waals surface area contributed by atoms with Gasteiger partial charge in [-0.15, -0.1) is 11.3 Å². The molecule has 4 aromatic heterocycles. The maximum absolute atomic E-state index is 13.4. The summed E-state index contributed by atoms with van der Waals surface area (Å²) in [7, 11) is 0. The van der Waals surface area contributed by atoms with Crippen LogP contribution in [0.1, 0.15) is 5.69 Å². The zero-order chi connectivity index (χ0) is 17.2. The van der Waals surface area contributed by atoms with Crippen molar-refractivity contribution in [2.24, 2.45) is 0 Å². The topological polar surface area (TPSA) is 77.3 Å². The summed E-state index contributed by atoms with van der Waals surface area (Å²) in [5.74, 6) is 0.512. The number of rotatable bonds is 3. The van der Waals surface area contributed by atoms with E-state index in [2.05, 4.69) is 29.9 Å². The highest BCUT2D eigenvalue weighted by Crippen LogP contribution is 2.34. The van der Waals surface area contributed by atoms with Crippen LogP contribution in [0.4, 0.5) is 4.39 Å². The molecule has 0 aliphatic carbocycles. The van der Waals surface area contributed by atoms with Gasteiger partial charge in [-0.05, 0) is 25.1 Å². The molecule has 4 aromatic rings. The van der Waals surface area contributed by atoms with Gasteiger partial charge in [0.1, 0.15) is 10.8 Å². The lowest BCUT2D eigenvalue weighted by Gasteiger charge is -2.01. The van der Waals surface area contributed by atoms with Gasteiger partial charge >= 0.3 is 0 Å². The van der Waals surface area contributed by atoms with E-state index >= 15 is 0 Å². The number of aromatic nitrogens is 6. The van der Waals surface area contributed by atoms with Gasteiger partial charge < -0.3 is 0 Å². The Morgan fingerprint density at radius 2 is 1.76 bits per heavy atom. The van der Waals surface area contributed by atoms with Gasteiger partial charge in [-0.3, -0.25) is 4.98 Å². The maximum atomic E-state index is 13.4. The number of thiazole rings is 1. The minimum absolute atomic E-state index is 0.391. The minimum atomic E-state index is -0.391. The van der Waals surface area contributed by atoms with E-state index < -0.39 is 5.82 Å². The Hall–Kier alpha value is -3.13. The highest BCUT2D eigenvalue weighted by Gasteiger charge is 2.15. The summed E-state index contributed by atoms with van der Waals surface area (Å²) in [6, 6.07) is 4.96. The molecule has 0 aliphatic rings. The second-order valence-electron chi connectivity index (χ2n) is 5.16. The van der Waals surface area contributed by atoms with Crippen LogP contribution < -0.4 is 0 Å². The van der Waals surface area contributed by atoms with Gasteiger partial charge in [-0.2, -0.15) is 0 Å². The number of pyridine rings is 1. The van der Waals surface area contributed by atoms with Gasteiger partial charge in [0.05, 0.1) is 22.5 Å². The van der Waals surface area contributed by atoms with Gasteiger partial charge in [-0.25, -0.2) is 29.3 Å². The van der Waals surface area contributed by atoms with Gasteiger partial charge in [-0.1, -0.05) is 0 Å². The zero-order valence-electron chi connectivity index (χ0n) is 13.1. The molecular formula is C17H11FN6S. The number of aryl methyl sites for hydroxylation is 1. The summed E-state index contributed by atoms with van der Waals surface area (Å²) in [5.41, 5.74) is 2.17. The fraction of sp³-hybridized carbons (Fsp3) is 0.0588. The van der Waals surface area contributed by atoms with Gasteiger partial charge in [0.25, 0.3) is 0 Å². The molecule has 4 rings (SSSR count). The molecule has 0 radical (unpaired) electrons. The molecule has 25 heavy (non-hydrogen) atoms.